The van der Waals surface area contributed by atoms with Gasteiger partial charge >= 0.3 is 0 Å². The minimum Gasteiger partial charge on any atom is -0.494 e. The SMILES string of the molecule is CCOc1ccc(/C=C/C(=O)NC(=S)Nc2ccc(C(=O)NCc3ccco3)cc2)cc1. The van der Waals surface area contributed by atoms with E-state index in [0.717, 1.165) is 11.3 Å². The van der Waals surface area contributed by atoms with Crippen LogP contribution in [-0.2, 0) is 11.3 Å². The lowest BCUT2D eigenvalue weighted by atomic mass is 10.2. The Balaban J connectivity index is 1.45. The van der Waals surface area contributed by atoms with Gasteiger partial charge in [-0.2, -0.15) is 0 Å². The molecule has 7 nitrogen and oxygen atoms in total. The molecule has 0 atom stereocenters. The molecule has 3 rings (SSSR count). The first-order valence-corrected chi connectivity index (χ1v) is 10.4. The monoisotopic (exact) mass is 449 g/mol. The molecule has 0 aliphatic carbocycles. The average Bonchev–Trinajstić information content (AvgIpc) is 3.31. The number of ether oxygens (including phenoxy) is 1. The van der Waals surface area contributed by atoms with Crippen molar-refractivity contribution in [2.24, 2.45) is 0 Å². The van der Waals surface area contributed by atoms with Gasteiger partial charge in [0, 0.05) is 17.3 Å². The molecular formula is C24H23N3O4S. The molecule has 32 heavy (non-hydrogen) atoms. The van der Waals surface area contributed by atoms with Gasteiger partial charge in [0.05, 0.1) is 19.4 Å². The largest absolute Gasteiger partial charge is 0.494 e. The van der Waals surface area contributed by atoms with E-state index in [2.05, 4.69) is 16.0 Å². The van der Waals surface area contributed by atoms with Crippen molar-refractivity contribution in [3.05, 3.63) is 89.9 Å². The lowest BCUT2D eigenvalue weighted by Gasteiger charge is -2.09. The Morgan fingerprint density at radius 2 is 1.81 bits per heavy atom. The van der Waals surface area contributed by atoms with Crippen molar-refractivity contribution < 1.29 is 18.7 Å². The van der Waals surface area contributed by atoms with Crippen LogP contribution in [0.15, 0.2) is 77.4 Å². The minimum absolute atomic E-state index is 0.154. The predicted molar refractivity (Wildman–Crippen MR) is 127 cm³/mol. The molecule has 0 unspecified atom stereocenters. The van der Waals surface area contributed by atoms with E-state index in [1.54, 1.807) is 48.7 Å². The van der Waals surface area contributed by atoms with Gasteiger partial charge in [0.2, 0.25) is 5.91 Å². The molecule has 0 saturated heterocycles. The fourth-order valence-corrected chi connectivity index (χ4v) is 2.94. The third-order valence-corrected chi connectivity index (χ3v) is 4.47. The predicted octanol–water partition coefficient (Wildman–Crippen LogP) is 4.13. The second kappa shape index (κ2) is 11.5. The van der Waals surface area contributed by atoms with Crippen LogP contribution in [0, 0.1) is 0 Å². The molecule has 0 spiro atoms. The molecule has 164 valence electrons. The fraction of sp³-hybridized carbons (Fsp3) is 0.125. The Bertz CT molecular complexity index is 1080. The molecule has 1 heterocycles. The fourth-order valence-electron chi connectivity index (χ4n) is 2.72. The lowest BCUT2D eigenvalue weighted by Crippen LogP contribution is -2.32. The molecule has 0 bridgehead atoms. The molecule has 3 N–H and O–H groups in total. The first-order chi connectivity index (χ1) is 15.5. The molecule has 0 saturated carbocycles. The summed E-state index contributed by atoms with van der Waals surface area (Å²) in [6.45, 7) is 2.83. The molecule has 3 aromatic rings. The molecule has 0 radical (unpaired) electrons. The molecule has 2 amide bonds. The van der Waals surface area contributed by atoms with E-state index in [1.807, 2.05) is 31.2 Å². The van der Waals surface area contributed by atoms with Crippen LogP contribution < -0.4 is 20.7 Å². The van der Waals surface area contributed by atoms with Crippen LogP contribution in [0.5, 0.6) is 5.75 Å². The van der Waals surface area contributed by atoms with Gasteiger partial charge in [0.1, 0.15) is 11.5 Å². The highest BCUT2D eigenvalue weighted by molar-refractivity contribution is 7.80. The first kappa shape index (κ1) is 22.8. The normalized spacial score (nSPS) is 10.5. The summed E-state index contributed by atoms with van der Waals surface area (Å²) in [4.78, 5) is 24.3. The summed E-state index contributed by atoms with van der Waals surface area (Å²) in [5.74, 6) is 0.878. The van der Waals surface area contributed by atoms with Crippen LogP contribution in [0.4, 0.5) is 5.69 Å². The van der Waals surface area contributed by atoms with Crippen molar-refractivity contribution in [3.8, 4) is 5.75 Å². The van der Waals surface area contributed by atoms with Gasteiger partial charge in [0.15, 0.2) is 5.11 Å². The van der Waals surface area contributed by atoms with Crippen molar-refractivity contribution in [3.63, 3.8) is 0 Å². The van der Waals surface area contributed by atoms with E-state index in [4.69, 9.17) is 21.4 Å². The third kappa shape index (κ3) is 7.10. The van der Waals surface area contributed by atoms with Crippen molar-refractivity contribution in [1.29, 1.82) is 0 Å². The van der Waals surface area contributed by atoms with Crippen LogP contribution in [0.1, 0.15) is 28.6 Å². The van der Waals surface area contributed by atoms with Crippen LogP contribution in [-0.4, -0.2) is 23.5 Å². The quantitative estimate of drug-likeness (QED) is 0.354. The topological polar surface area (TPSA) is 92.6 Å². The maximum atomic E-state index is 12.2. The Hall–Kier alpha value is -3.91. The minimum atomic E-state index is -0.356. The molecular weight excluding hydrogens is 426 g/mol. The third-order valence-electron chi connectivity index (χ3n) is 4.26. The van der Waals surface area contributed by atoms with E-state index in [1.165, 1.54) is 6.08 Å². The number of carbonyl (C=O) groups excluding carboxylic acids is 2. The number of hydrogen-bond acceptors (Lipinski definition) is 5. The Labute approximate surface area is 191 Å². The van der Waals surface area contributed by atoms with Gasteiger partial charge in [-0.3, -0.25) is 14.9 Å². The highest BCUT2D eigenvalue weighted by Gasteiger charge is 2.07. The summed E-state index contributed by atoms with van der Waals surface area (Å²) in [7, 11) is 0. The van der Waals surface area contributed by atoms with Crippen LogP contribution >= 0.6 is 12.2 Å². The molecule has 8 heteroatoms. The van der Waals surface area contributed by atoms with Crippen molar-refractivity contribution in [2.75, 3.05) is 11.9 Å². The Morgan fingerprint density at radius 1 is 1.06 bits per heavy atom. The average molecular weight is 450 g/mol. The number of carbonyl (C=O) groups is 2. The highest BCUT2D eigenvalue weighted by atomic mass is 32.1. The standard InChI is InChI=1S/C24H23N3O4S/c1-2-30-20-12-5-17(6-13-20)7-14-22(28)27-24(32)26-19-10-8-18(9-11-19)23(29)25-16-21-4-3-15-31-21/h3-15H,2,16H2,1H3,(H,25,29)(H2,26,27,28,32)/b14-7+. The van der Waals surface area contributed by atoms with E-state index in [9.17, 15) is 9.59 Å². The smallest absolute Gasteiger partial charge is 0.251 e. The van der Waals surface area contributed by atoms with Crippen LogP contribution in [0.25, 0.3) is 6.08 Å². The summed E-state index contributed by atoms with van der Waals surface area (Å²) in [5, 5.41) is 8.43. The van der Waals surface area contributed by atoms with E-state index >= 15 is 0 Å². The van der Waals surface area contributed by atoms with Gasteiger partial charge in [-0.05, 0) is 79.3 Å². The van der Waals surface area contributed by atoms with Gasteiger partial charge in [0.25, 0.3) is 5.91 Å². The zero-order chi connectivity index (χ0) is 22.8. The number of rotatable bonds is 8. The molecule has 2 aromatic carbocycles. The number of hydrogen-bond donors (Lipinski definition) is 3. The lowest BCUT2D eigenvalue weighted by molar-refractivity contribution is -0.115. The molecule has 0 fully saturated rings. The second-order valence-electron chi connectivity index (χ2n) is 6.62. The van der Waals surface area contributed by atoms with Crippen molar-refractivity contribution in [1.82, 2.24) is 10.6 Å². The number of amides is 2. The molecule has 1 aromatic heterocycles. The maximum Gasteiger partial charge on any atom is 0.251 e. The molecule has 0 aliphatic rings. The number of nitrogens with one attached hydrogen (secondary N) is 3. The zero-order valence-electron chi connectivity index (χ0n) is 17.5. The van der Waals surface area contributed by atoms with E-state index < -0.39 is 0 Å². The van der Waals surface area contributed by atoms with E-state index in [-0.39, 0.29) is 16.9 Å². The maximum absolute atomic E-state index is 12.2. The summed E-state index contributed by atoms with van der Waals surface area (Å²) in [5.41, 5.74) is 2.01. The second-order valence-corrected chi connectivity index (χ2v) is 7.03. The number of anilines is 1. The summed E-state index contributed by atoms with van der Waals surface area (Å²) in [6, 6.07) is 17.7. The Kier molecular flexibility index (Phi) is 8.16. The van der Waals surface area contributed by atoms with Crippen LogP contribution in [0.3, 0.4) is 0 Å². The summed E-state index contributed by atoms with van der Waals surface area (Å²) < 4.78 is 10.6. The van der Waals surface area contributed by atoms with Gasteiger partial charge in [-0.15, -0.1) is 0 Å². The summed E-state index contributed by atoms with van der Waals surface area (Å²) in [6.07, 6.45) is 4.64. The number of benzene rings is 2. The van der Waals surface area contributed by atoms with Crippen LogP contribution in [0.2, 0.25) is 0 Å². The van der Waals surface area contributed by atoms with Gasteiger partial charge in [-0.1, -0.05) is 12.1 Å². The van der Waals surface area contributed by atoms with Gasteiger partial charge in [-0.25, -0.2) is 0 Å². The highest BCUT2D eigenvalue weighted by Crippen LogP contribution is 2.13. The van der Waals surface area contributed by atoms with Crippen molar-refractivity contribution in [2.45, 2.75) is 13.5 Å². The first-order valence-electron chi connectivity index (χ1n) is 9.97. The van der Waals surface area contributed by atoms with E-state index in [0.29, 0.717) is 30.2 Å². The number of thiocarbonyl (C=S) groups is 1. The molecule has 0 aliphatic heterocycles. The summed E-state index contributed by atoms with van der Waals surface area (Å²) >= 11 is 5.18. The van der Waals surface area contributed by atoms with Crippen molar-refractivity contribution >= 4 is 40.9 Å². The zero-order valence-corrected chi connectivity index (χ0v) is 18.3. The van der Waals surface area contributed by atoms with Gasteiger partial charge < -0.3 is 19.8 Å². The Morgan fingerprint density at radius 3 is 2.47 bits per heavy atom. The number of furan rings is 1.